The van der Waals surface area contributed by atoms with Gasteiger partial charge in [0.1, 0.15) is 0 Å². The van der Waals surface area contributed by atoms with Gasteiger partial charge in [0, 0.05) is 19.6 Å². The van der Waals surface area contributed by atoms with Crippen LogP contribution in [0.15, 0.2) is 9.98 Å². The average Bonchev–Trinajstić information content (AvgIpc) is 3.03. The average molecular weight is 251 g/mol. The van der Waals surface area contributed by atoms with Crippen LogP contribution >= 0.6 is 0 Å². The molecule has 0 aliphatic carbocycles. The number of aliphatic imine (C=N–C) groups is 2. The molecule has 2 rings (SSSR count). The second-order valence-corrected chi connectivity index (χ2v) is 4.83. The van der Waals surface area contributed by atoms with Crippen molar-refractivity contribution in [1.82, 2.24) is 15.5 Å². The summed E-state index contributed by atoms with van der Waals surface area (Å²) < 4.78 is 0. The summed E-state index contributed by atoms with van der Waals surface area (Å²) in [6.45, 7) is 6.93. The van der Waals surface area contributed by atoms with Gasteiger partial charge in [-0.3, -0.25) is 14.9 Å². The Bertz CT molecular complexity index is 311. The fraction of sp³-hybridized carbons (Fsp3) is 0.846. The topological polar surface area (TPSA) is 52.0 Å². The quantitative estimate of drug-likeness (QED) is 0.697. The van der Waals surface area contributed by atoms with Crippen LogP contribution in [0.1, 0.15) is 39.0 Å². The van der Waals surface area contributed by atoms with Gasteiger partial charge in [-0.25, -0.2) is 0 Å². The van der Waals surface area contributed by atoms with Crippen LogP contribution in [0.4, 0.5) is 0 Å². The molecule has 18 heavy (non-hydrogen) atoms. The van der Waals surface area contributed by atoms with Crippen LogP contribution < -0.4 is 10.6 Å². The first-order valence-corrected chi connectivity index (χ1v) is 7.26. The maximum Gasteiger partial charge on any atom is 0.201 e. The normalized spacial score (nSPS) is 18.6. The van der Waals surface area contributed by atoms with Crippen LogP contribution in [0.5, 0.6) is 0 Å². The maximum atomic E-state index is 4.51. The minimum absolute atomic E-state index is 0.874. The van der Waals surface area contributed by atoms with Crippen LogP contribution in [-0.2, 0) is 0 Å². The molecular weight excluding hydrogens is 226 g/mol. The molecule has 0 aromatic rings. The number of nitrogens with zero attached hydrogens (tertiary/aromatic N) is 3. The summed E-state index contributed by atoms with van der Waals surface area (Å²) >= 11 is 0. The Kier molecular flexibility index (Phi) is 5.30. The Balaban J connectivity index is 1.65. The van der Waals surface area contributed by atoms with E-state index in [1.54, 1.807) is 0 Å². The molecule has 0 bridgehead atoms. The first kappa shape index (κ1) is 13.2. The van der Waals surface area contributed by atoms with Crippen molar-refractivity contribution >= 4 is 11.9 Å². The zero-order valence-corrected chi connectivity index (χ0v) is 11.4. The zero-order valence-electron chi connectivity index (χ0n) is 11.4. The molecule has 2 aliphatic rings. The summed E-state index contributed by atoms with van der Waals surface area (Å²) in [4.78, 5) is 11.1. The Labute approximate surface area is 110 Å². The molecule has 5 heteroatoms. The van der Waals surface area contributed by atoms with Crippen molar-refractivity contribution in [3.05, 3.63) is 0 Å². The van der Waals surface area contributed by atoms with Crippen molar-refractivity contribution in [3.63, 3.8) is 0 Å². The van der Waals surface area contributed by atoms with Gasteiger partial charge >= 0.3 is 0 Å². The van der Waals surface area contributed by atoms with Crippen LogP contribution in [0.3, 0.4) is 0 Å². The smallest absolute Gasteiger partial charge is 0.201 e. The minimum Gasteiger partial charge on any atom is -0.356 e. The molecule has 0 spiro atoms. The Morgan fingerprint density at radius 2 is 2.06 bits per heavy atom. The van der Waals surface area contributed by atoms with Crippen molar-refractivity contribution in [3.8, 4) is 0 Å². The highest BCUT2D eigenvalue weighted by Gasteiger charge is 2.22. The summed E-state index contributed by atoms with van der Waals surface area (Å²) in [7, 11) is 0. The Morgan fingerprint density at radius 1 is 1.17 bits per heavy atom. The van der Waals surface area contributed by atoms with Crippen LogP contribution in [-0.4, -0.2) is 49.5 Å². The maximum absolute atomic E-state index is 4.51. The minimum atomic E-state index is 0.874. The van der Waals surface area contributed by atoms with Gasteiger partial charge in [0.2, 0.25) is 11.9 Å². The van der Waals surface area contributed by atoms with Gasteiger partial charge in [-0.15, -0.1) is 0 Å². The van der Waals surface area contributed by atoms with Crippen LogP contribution in [0, 0.1) is 0 Å². The molecule has 0 aromatic carbocycles. The van der Waals surface area contributed by atoms with Crippen molar-refractivity contribution in [1.29, 1.82) is 0 Å². The molecule has 0 saturated heterocycles. The number of hydrogen-bond acceptors (Lipinski definition) is 5. The van der Waals surface area contributed by atoms with Crippen LogP contribution in [0.2, 0.25) is 0 Å². The second kappa shape index (κ2) is 7.24. The molecule has 0 atom stereocenters. The number of rotatable bonds is 6. The molecule has 0 unspecified atom stereocenters. The van der Waals surface area contributed by atoms with Crippen LogP contribution in [0.25, 0.3) is 0 Å². The molecule has 2 aliphatic heterocycles. The van der Waals surface area contributed by atoms with Crippen molar-refractivity contribution in [2.75, 3.05) is 32.7 Å². The van der Waals surface area contributed by atoms with E-state index < -0.39 is 0 Å². The van der Waals surface area contributed by atoms with E-state index in [0.29, 0.717) is 0 Å². The highest BCUT2D eigenvalue weighted by molar-refractivity contribution is 6.00. The fourth-order valence-electron chi connectivity index (χ4n) is 2.30. The number of hydrogen-bond donors (Lipinski definition) is 2. The van der Waals surface area contributed by atoms with Gasteiger partial charge in [-0.2, -0.15) is 0 Å². The lowest BCUT2D eigenvalue weighted by Gasteiger charge is -2.20. The van der Waals surface area contributed by atoms with Crippen molar-refractivity contribution in [2.24, 2.45) is 9.98 Å². The summed E-state index contributed by atoms with van der Waals surface area (Å²) in [6.07, 6.45) is 6.55. The number of nitrogens with one attached hydrogen (secondary N) is 2. The molecule has 2 heterocycles. The predicted octanol–water partition coefficient (Wildman–Crippen LogP) is 1.18. The molecule has 0 amide bonds. The van der Waals surface area contributed by atoms with E-state index >= 15 is 0 Å². The van der Waals surface area contributed by atoms with E-state index in [-0.39, 0.29) is 0 Å². The highest BCUT2D eigenvalue weighted by Crippen LogP contribution is 2.04. The molecular formula is C13H25N5. The van der Waals surface area contributed by atoms with Crippen molar-refractivity contribution in [2.45, 2.75) is 39.0 Å². The highest BCUT2D eigenvalue weighted by atomic mass is 15.4. The second-order valence-electron chi connectivity index (χ2n) is 4.83. The lowest BCUT2D eigenvalue weighted by Crippen LogP contribution is -2.46. The summed E-state index contributed by atoms with van der Waals surface area (Å²) in [5.74, 6) is 1.99. The molecule has 102 valence electrons. The predicted molar refractivity (Wildman–Crippen MR) is 76.1 cm³/mol. The van der Waals surface area contributed by atoms with Gasteiger partial charge < -0.3 is 10.6 Å². The third-order valence-electron chi connectivity index (χ3n) is 3.32. The number of unbranched alkanes of at least 4 members (excludes halogenated alkanes) is 4. The molecule has 0 saturated carbocycles. The third-order valence-corrected chi connectivity index (χ3v) is 3.32. The van der Waals surface area contributed by atoms with E-state index in [1.165, 1.54) is 32.1 Å². The summed E-state index contributed by atoms with van der Waals surface area (Å²) in [5.41, 5.74) is 0. The van der Waals surface area contributed by atoms with Crippen molar-refractivity contribution < 1.29 is 0 Å². The number of guanidine groups is 2. The summed E-state index contributed by atoms with van der Waals surface area (Å²) in [6, 6.07) is 0. The van der Waals surface area contributed by atoms with Gasteiger partial charge in [-0.05, 0) is 6.42 Å². The SMILES string of the molecule is CCCCCCCNC1=NCCN1C1=NCCN1. The monoisotopic (exact) mass is 251 g/mol. The molecule has 5 nitrogen and oxygen atoms in total. The first-order valence-electron chi connectivity index (χ1n) is 7.26. The summed E-state index contributed by atoms with van der Waals surface area (Å²) in [5, 5.41) is 6.74. The van der Waals surface area contributed by atoms with Gasteiger partial charge in [0.15, 0.2) is 0 Å². The van der Waals surface area contributed by atoms with Gasteiger partial charge in [0.05, 0.1) is 13.1 Å². The Hall–Kier alpha value is -1.26. The van der Waals surface area contributed by atoms with E-state index in [1.807, 2.05) is 0 Å². The lowest BCUT2D eigenvalue weighted by atomic mass is 10.1. The third kappa shape index (κ3) is 3.62. The first-order chi connectivity index (χ1) is 8.92. The van der Waals surface area contributed by atoms with E-state index in [4.69, 9.17) is 0 Å². The van der Waals surface area contributed by atoms with E-state index in [2.05, 4.69) is 32.4 Å². The molecule has 2 N–H and O–H groups in total. The molecule has 0 radical (unpaired) electrons. The molecule has 0 aromatic heterocycles. The lowest BCUT2D eigenvalue weighted by molar-refractivity contribution is 0.591. The van der Waals surface area contributed by atoms with E-state index in [0.717, 1.165) is 44.6 Å². The molecule has 0 fully saturated rings. The van der Waals surface area contributed by atoms with E-state index in [9.17, 15) is 0 Å². The zero-order chi connectivity index (χ0) is 12.6. The Morgan fingerprint density at radius 3 is 2.83 bits per heavy atom. The fourth-order valence-corrected chi connectivity index (χ4v) is 2.30. The largest absolute Gasteiger partial charge is 0.356 e. The standard InChI is InChI=1S/C13H25N5/c1-2-3-4-5-6-7-14-12-17-10-11-18(12)13-15-8-9-16-13/h2-11H2,1H3,(H,14,17)(H,15,16). The van der Waals surface area contributed by atoms with Gasteiger partial charge in [-0.1, -0.05) is 32.6 Å². The van der Waals surface area contributed by atoms with Gasteiger partial charge in [0.25, 0.3) is 0 Å².